The number of nitrogens with one attached hydrogen (secondary N) is 1. The first kappa shape index (κ1) is 24.1. The van der Waals surface area contributed by atoms with Crippen molar-refractivity contribution in [3.05, 3.63) is 59.6 Å². The summed E-state index contributed by atoms with van der Waals surface area (Å²) in [6.45, 7) is 4.60. The van der Waals surface area contributed by atoms with Gasteiger partial charge in [-0.15, -0.1) is 0 Å². The van der Waals surface area contributed by atoms with Gasteiger partial charge in [-0.1, -0.05) is 43.3 Å². The molecule has 1 aliphatic carbocycles. The van der Waals surface area contributed by atoms with Crippen LogP contribution in [-0.2, 0) is 30.3 Å². The Balaban J connectivity index is 2.08. The molecule has 0 radical (unpaired) electrons. The van der Waals surface area contributed by atoms with Crippen molar-refractivity contribution in [1.82, 2.24) is 5.32 Å². The largest absolute Gasteiger partial charge is 0.486 e. The maximum atomic E-state index is 14.9. The predicted molar refractivity (Wildman–Crippen MR) is 112 cm³/mol. The van der Waals surface area contributed by atoms with Gasteiger partial charge in [0.25, 0.3) is 0 Å². The highest BCUT2D eigenvalue weighted by Gasteiger charge is 2.38. The highest BCUT2D eigenvalue weighted by Crippen LogP contribution is 2.39. The van der Waals surface area contributed by atoms with Crippen LogP contribution >= 0.6 is 0 Å². The van der Waals surface area contributed by atoms with Crippen LogP contribution < -0.4 is 5.32 Å². The molecule has 1 aromatic rings. The molecule has 7 heteroatoms. The molecule has 0 saturated heterocycles. The van der Waals surface area contributed by atoms with E-state index in [9.17, 15) is 9.18 Å². The lowest BCUT2D eigenvalue weighted by Gasteiger charge is -2.37. The SMILES string of the molecule is CCOC(=O)C[C@@H](NCC(OC)OC)C1(C)C=CC(OCc2ccccc2)=C(F)C1. The van der Waals surface area contributed by atoms with Gasteiger partial charge in [0.15, 0.2) is 12.0 Å². The van der Waals surface area contributed by atoms with Crippen LogP contribution in [0.5, 0.6) is 0 Å². The third kappa shape index (κ3) is 6.93. The zero-order chi connectivity index (χ0) is 22.0. The summed E-state index contributed by atoms with van der Waals surface area (Å²) in [5.41, 5.74) is 0.314. The average Bonchev–Trinajstić information content (AvgIpc) is 2.74. The minimum atomic E-state index is -0.650. The zero-order valence-electron chi connectivity index (χ0n) is 18.2. The van der Waals surface area contributed by atoms with Crippen molar-refractivity contribution in [1.29, 1.82) is 0 Å². The smallest absolute Gasteiger partial charge is 0.307 e. The summed E-state index contributed by atoms with van der Waals surface area (Å²) >= 11 is 0. The van der Waals surface area contributed by atoms with Crippen LogP contribution in [-0.4, -0.2) is 45.7 Å². The zero-order valence-corrected chi connectivity index (χ0v) is 18.2. The Morgan fingerprint density at radius 1 is 1.23 bits per heavy atom. The molecule has 2 rings (SSSR count). The van der Waals surface area contributed by atoms with E-state index in [2.05, 4.69) is 5.32 Å². The van der Waals surface area contributed by atoms with Crippen LogP contribution in [0.15, 0.2) is 54.1 Å². The highest BCUT2D eigenvalue weighted by atomic mass is 19.1. The number of esters is 1. The summed E-state index contributed by atoms with van der Waals surface area (Å²) in [6, 6.07) is 9.23. The van der Waals surface area contributed by atoms with E-state index in [4.69, 9.17) is 18.9 Å². The van der Waals surface area contributed by atoms with Gasteiger partial charge in [-0.3, -0.25) is 4.79 Å². The molecule has 1 unspecified atom stereocenters. The molecule has 1 N–H and O–H groups in total. The number of allylic oxidation sites excluding steroid dienone is 2. The van der Waals surface area contributed by atoms with Gasteiger partial charge in [0, 0.05) is 38.6 Å². The summed E-state index contributed by atoms with van der Waals surface area (Å²) in [5, 5.41) is 3.28. The van der Waals surface area contributed by atoms with Gasteiger partial charge in [0.1, 0.15) is 12.4 Å². The van der Waals surface area contributed by atoms with E-state index in [-0.39, 0.29) is 36.4 Å². The van der Waals surface area contributed by atoms with E-state index in [1.807, 2.05) is 43.3 Å². The molecule has 1 aliphatic rings. The Kier molecular flexibility index (Phi) is 9.49. The first-order valence-corrected chi connectivity index (χ1v) is 10.1. The molecule has 166 valence electrons. The van der Waals surface area contributed by atoms with Gasteiger partial charge >= 0.3 is 5.97 Å². The summed E-state index contributed by atoms with van der Waals surface area (Å²) < 4.78 is 36.1. The molecule has 30 heavy (non-hydrogen) atoms. The number of carbonyl (C=O) groups excluding carboxylic acids is 1. The predicted octanol–water partition coefficient (Wildman–Crippen LogP) is 3.88. The van der Waals surface area contributed by atoms with E-state index in [1.54, 1.807) is 13.0 Å². The van der Waals surface area contributed by atoms with E-state index in [1.165, 1.54) is 14.2 Å². The van der Waals surface area contributed by atoms with Gasteiger partial charge in [0.2, 0.25) is 0 Å². The monoisotopic (exact) mass is 421 g/mol. The Bertz CT molecular complexity index is 732. The molecule has 0 amide bonds. The molecule has 6 nitrogen and oxygen atoms in total. The second kappa shape index (κ2) is 11.8. The van der Waals surface area contributed by atoms with Crippen LogP contribution in [0.25, 0.3) is 0 Å². The van der Waals surface area contributed by atoms with E-state index < -0.39 is 11.7 Å². The Morgan fingerprint density at radius 3 is 2.53 bits per heavy atom. The van der Waals surface area contributed by atoms with Crippen LogP contribution in [0.4, 0.5) is 4.39 Å². The lowest BCUT2D eigenvalue weighted by molar-refractivity contribution is -0.144. The molecule has 0 fully saturated rings. The Labute approximate surface area is 178 Å². The number of rotatable bonds is 12. The maximum Gasteiger partial charge on any atom is 0.307 e. The number of hydrogen-bond donors (Lipinski definition) is 1. The van der Waals surface area contributed by atoms with Gasteiger partial charge in [-0.2, -0.15) is 0 Å². The van der Waals surface area contributed by atoms with E-state index in [0.29, 0.717) is 19.8 Å². The number of hydrogen-bond acceptors (Lipinski definition) is 6. The molecule has 0 saturated carbocycles. The normalized spacial score (nSPS) is 19.8. The van der Waals surface area contributed by atoms with Crippen LogP contribution in [0.3, 0.4) is 0 Å². The molecule has 0 spiro atoms. The quantitative estimate of drug-likeness (QED) is 0.408. The number of benzene rings is 1. The third-order valence-corrected chi connectivity index (χ3v) is 5.18. The van der Waals surface area contributed by atoms with Crippen molar-refractivity contribution in [3.63, 3.8) is 0 Å². The fourth-order valence-electron chi connectivity index (χ4n) is 3.36. The molecule has 2 atom stereocenters. The van der Waals surface area contributed by atoms with E-state index >= 15 is 0 Å². The number of halogens is 1. The summed E-state index contributed by atoms with van der Waals surface area (Å²) in [5.74, 6) is -0.467. The topological polar surface area (TPSA) is 66.0 Å². The first-order valence-electron chi connectivity index (χ1n) is 10.1. The lowest BCUT2D eigenvalue weighted by Crippen LogP contribution is -2.48. The molecule has 1 aromatic carbocycles. The van der Waals surface area contributed by atoms with E-state index in [0.717, 1.165) is 5.56 Å². The van der Waals surface area contributed by atoms with Crippen molar-refractivity contribution in [3.8, 4) is 0 Å². The number of methoxy groups -OCH3 is 2. The lowest BCUT2D eigenvalue weighted by atomic mass is 9.75. The van der Waals surface area contributed by atoms with Crippen molar-refractivity contribution in [2.45, 2.75) is 45.6 Å². The summed E-state index contributed by atoms with van der Waals surface area (Å²) in [6.07, 6.45) is 3.27. The van der Waals surface area contributed by atoms with Crippen LogP contribution in [0.1, 0.15) is 32.3 Å². The summed E-state index contributed by atoms with van der Waals surface area (Å²) in [4.78, 5) is 12.1. The molecule has 0 aliphatic heterocycles. The number of carbonyl (C=O) groups is 1. The maximum absolute atomic E-state index is 14.9. The van der Waals surface area contributed by atoms with Gasteiger partial charge < -0.3 is 24.3 Å². The fraction of sp³-hybridized carbons (Fsp3) is 0.522. The van der Waals surface area contributed by atoms with Crippen LogP contribution in [0.2, 0.25) is 0 Å². The molecular formula is C23H32FNO5. The second-order valence-corrected chi connectivity index (χ2v) is 7.43. The number of ether oxygens (including phenoxy) is 4. The van der Waals surface area contributed by atoms with Gasteiger partial charge in [0.05, 0.1) is 13.0 Å². The minimum Gasteiger partial charge on any atom is -0.486 e. The van der Waals surface area contributed by atoms with Crippen molar-refractivity contribution in [2.24, 2.45) is 5.41 Å². The summed E-state index contributed by atoms with van der Waals surface area (Å²) in [7, 11) is 3.08. The van der Waals surface area contributed by atoms with Gasteiger partial charge in [-0.25, -0.2) is 4.39 Å². The minimum absolute atomic E-state index is 0.0995. The Morgan fingerprint density at radius 2 is 1.93 bits per heavy atom. The van der Waals surface area contributed by atoms with Crippen molar-refractivity contribution in [2.75, 3.05) is 27.4 Å². The van der Waals surface area contributed by atoms with Gasteiger partial charge in [-0.05, 0) is 18.6 Å². The first-order chi connectivity index (χ1) is 14.4. The standard InChI is InChI=1S/C23H32FNO5/c1-5-29-21(26)13-20(25-15-22(27-3)28-4)23(2)12-11-19(18(24)14-23)30-16-17-9-7-6-8-10-17/h6-12,20,22,25H,5,13-16H2,1-4H3/t20-,23?/m1/s1. The van der Waals surface area contributed by atoms with Crippen molar-refractivity contribution >= 4 is 5.97 Å². The second-order valence-electron chi connectivity index (χ2n) is 7.43. The molecule has 0 aromatic heterocycles. The Hall–Kier alpha value is -2.22. The highest BCUT2D eigenvalue weighted by molar-refractivity contribution is 5.70. The molecular weight excluding hydrogens is 389 g/mol. The fourth-order valence-corrected chi connectivity index (χ4v) is 3.36. The molecule has 0 bridgehead atoms. The molecule has 0 heterocycles. The van der Waals surface area contributed by atoms with Crippen molar-refractivity contribution < 1.29 is 28.1 Å². The van der Waals surface area contributed by atoms with Crippen LogP contribution in [0, 0.1) is 5.41 Å². The average molecular weight is 422 g/mol. The third-order valence-electron chi connectivity index (χ3n) is 5.18.